The highest BCUT2D eigenvalue weighted by molar-refractivity contribution is 6.36. The third-order valence-corrected chi connectivity index (χ3v) is 4.59. The lowest BCUT2D eigenvalue weighted by Gasteiger charge is -2.31. The van der Waals surface area contributed by atoms with E-state index in [0.29, 0.717) is 33.1 Å². The molecular weight excluding hydrogens is 387 g/mol. The molecule has 1 N–H and O–H groups in total. The van der Waals surface area contributed by atoms with Crippen LogP contribution in [0.25, 0.3) is 5.69 Å². The predicted molar refractivity (Wildman–Crippen MR) is 95.6 cm³/mol. The maximum absolute atomic E-state index is 11.2. The Kier molecular flexibility index (Phi) is 3.83. The molecule has 0 spiro atoms. The lowest BCUT2D eigenvalue weighted by molar-refractivity contribution is 0.0683. The van der Waals surface area contributed by atoms with Crippen LogP contribution in [-0.2, 0) is 6.54 Å². The van der Waals surface area contributed by atoms with Crippen molar-refractivity contribution in [3.8, 4) is 5.69 Å². The second-order valence-electron chi connectivity index (χ2n) is 5.38. The molecule has 0 saturated heterocycles. The number of carboxylic acid groups (broad SMARTS) is 1. The Labute approximate surface area is 157 Å². The van der Waals surface area contributed by atoms with Crippen molar-refractivity contribution in [2.75, 3.05) is 4.90 Å². The van der Waals surface area contributed by atoms with Gasteiger partial charge in [0.05, 0.1) is 28.6 Å². The van der Waals surface area contributed by atoms with Crippen LogP contribution in [0.1, 0.15) is 16.4 Å². The fourth-order valence-electron chi connectivity index (χ4n) is 2.77. The van der Waals surface area contributed by atoms with E-state index < -0.39 is 5.97 Å². The van der Waals surface area contributed by atoms with Crippen LogP contribution >= 0.6 is 34.8 Å². The van der Waals surface area contributed by atoms with Gasteiger partial charge < -0.3 is 10.0 Å². The summed E-state index contributed by atoms with van der Waals surface area (Å²) in [7, 11) is 0. The zero-order valence-corrected chi connectivity index (χ0v) is 14.7. The number of hydrogen-bond acceptors (Lipinski definition) is 4. The van der Waals surface area contributed by atoms with E-state index in [2.05, 4.69) is 10.1 Å². The van der Waals surface area contributed by atoms with Gasteiger partial charge in [-0.1, -0.05) is 34.8 Å². The monoisotopic (exact) mass is 394 g/mol. The molecule has 0 saturated carbocycles. The minimum absolute atomic E-state index is 0.273. The summed E-state index contributed by atoms with van der Waals surface area (Å²) < 4.78 is 1.49. The molecule has 0 atom stereocenters. The molecule has 0 amide bonds. The van der Waals surface area contributed by atoms with E-state index in [0.717, 1.165) is 11.4 Å². The van der Waals surface area contributed by atoms with E-state index in [1.165, 1.54) is 4.68 Å². The van der Waals surface area contributed by atoms with Crippen molar-refractivity contribution in [2.45, 2.75) is 6.54 Å². The summed E-state index contributed by atoms with van der Waals surface area (Å²) in [5.41, 5.74) is 2.13. The number of anilines is 2. The first-order valence-corrected chi connectivity index (χ1v) is 8.29. The molecule has 2 aromatic carbocycles. The van der Waals surface area contributed by atoms with E-state index in [4.69, 9.17) is 34.8 Å². The van der Waals surface area contributed by atoms with Gasteiger partial charge in [0.2, 0.25) is 0 Å². The van der Waals surface area contributed by atoms with Gasteiger partial charge in [-0.3, -0.25) is 0 Å². The van der Waals surface area contributed by atoms with Gasteiger partial charge >= 0.3 is 5.97 Å². The van der Waals surface area contributed by atoms with Crippen molar-refractivity contribution in [2.24, 2.45) is 0 Å². The van der Waals surface area contributed by atoms with Gasteiger partial charge in [0.15, 0.2) is 5.82 Å². The van der Waals surface area contributed by atoms with Crippen molar-refractivity contribution in [3.63, 3.8) is 0 Å². The lowest BCUT2D eigenvalue weighted by atomic mass is 10.1. The normalized spacial score (nSPS) is 12.7. The van der Waals surface area contributed by atoms with Gasteiger partial charge in [-0.2, -0.15) is 0 Å². The Balaban J connectivity index is 1.93. The van der Waals surface area contributed by atoms with Gasteiger partial charge in [-0.15, -0.1) is 5.10 Å². The number of benzene rings is 2. The maximum atomic E-state index is 11.2. The molecule has 25 heavy (non-hydrogen) atoms. The summed E-state index contributed by atoms with van der Waals surface area (Å²) in [4.78, 5) is 17.2. The molecule has 0 unspecified atom stereocenters. The molecule has 9 heteroatoms. The van der Waals surface area contributed by atoms with Crippen LogP contribution in [0.2, 0.25) is 15.1 Å². The second-order valence-corrected chi connectivity index (χ2v) is 6.66. The molecule has 1 aliphatic rings. The highest BCUT2D eigenvalue weighted by Gasteiger charge is 2.28. The van der Waals surface area contributed by atoms with Crippen LogP contribution in [0.5, 0.6) is 0 Å². The Bertz CT molecular complexity index is 1020. The average molecular weight is 396 g/mol. The van der Waals surface area contributed by atoms with Gasteiger partial charge in [0.1, 0.15) is 0 Å². The SMILES string of the molecule is O=C(O)c1nc2n(n1)-c1cc(Cl)ccc1N(c1ccc(Cl)cc1Cl)C2. The summed E-state index contributed by atoms with van der Waals surface area (Å²) in [5.74, 6) is -0.996. The van der Waals surface area contributed by atoms with Crippen LogP contribution in [0.15, 0.2) is 36.4 Å². The summed E-state index contributed by atoms with van der Waals surface area (Å²) in [6.07, 6.45) is 0. The maximum Gasteiger partial charge on any atom is 0.375 e. The van der Waals surface area contributed by atoms with Crippen molar-refractivity contribution in [1.29, 1.82) is 0 Å². The fourth-order valence-corrected chi connectivity index (χ4v) is 3.44. The number of fused-ring (bicyclic) bond motifs is 3. The molecule has 6 nitrogen and oxygen atoms in total. The minimum Gasteiger partial charge on any atom is -0.475 e. The third kappa shape index (κ3) is 2.72. The molecule has 126 valence electrons. The van der Waals surface area contributed by atoms with E-state index in [1.807, 2.05) is 11.0 Å². The summed E-state index contributed by atoms with van der Waals surface area (Å²) in [6.45, 7) is 0.302. The Morgan fingerprint density at radius 1 is 1.00 bits per heavy atom. The van der Waals surface area contributed by atoms with Crippen molar-refractivity contribution in [1.82, 2.24) is 14.8 Å². The van der Waals surface area contributed by atoms with Crippen LogP contribution in [0, 0.1) is 0 Å². The predicted octanol–water partition coefficient (Wildman–Crippen LogP) is 4.58. The molecule has 1 aromatic heterocycles. The summed E-state index contributed by atoms with van der Waals surface area (Å²) in [5, 5.41) is 14.7. The Hall–Kier alpha value is -2.28. The number of carbonyl (C=O) groups is 1. The minimum atomic E-state index is -1.19. The lowest BCUT2D eigenvalue weighted by Crippen LogP contribution is -2.26. The number of carboxylic acids is 1. The van der Waals surface area contributed by atoms with Crippen LogP contribution in [0.4, 0.5) is 11.4 Å². The highest BCUT2D eigenvalue weighted by atomic mass is 35.5. The Morgan fingerprint density at radius 2 is 1.68 bits per heavy atom. The second kappa shape index (κ2) is 5.91. The topological polar surface area (TPSA) is 71.2 Å². The number of nitrogens with zero attached hydrogens (tertiary/aromatic N) is 4. The first kappa shape index (κ1) is 16.2. The van der Waals surface area contributed by atoms with Crippen molar-refractivity contribution < 1.29 is 9.90 Å². The van der Waals surface area contributed by atoms with E-state index >= 15 is 0 Å². The quantitative estimate of drug-likeness (QED) is 0.688. The first-order chi connectivity index (χ1) is 11.9. The largest absolute Gasteiger partial charge is 0.475 e. The van der Waals surface area contributed by atoms with Crippen LogP contribution in [-0.4, -0.2) is 25.8 Å². The van der Waals surface area contributed by atoms with E-state index in [1.54, 1.807) is 30.3 Å². The molecule has 0 fully saturated rings. The fraction of sp³-hybridized carbons (Fsp3) is 0.0625. The molecule has 1 aliphatic heterocycles. The van der Waals surface area contributed by atoms with Gasteiger partial charge in [-0.05, 0) is 36.4 Å². The highest BCUT2D eigenvalue weighted by Crippen LogP contribution is 2.41. The molecule has 4 rings (SSSR count). The number of rotatable bonds is 2. The Morgan fingerprint density at radius 3 is 2.36 bits per heavy atom. The van der Waals surface area contributed by atoms with Gasteiger partial charge in [-0.25, -0.2) is 14.5 Å². The van der Waals surface area contributed by atoms with Crippen molar-refractivity contribution in [3.05, 3.63) is 63.1 Å². The molecule has 0 radical (unpaired) electrons. The van der Waals surface area contributed by atoms with Crippen LogP contribution in [0.3, 0.4) is 0 Å². The van der Waals surface area contributed by atoms with Gasteiger partial charge in [0, 0.05) is 10.0 Å². The number of aromatic carboxylic acids is 1. The number of aromatic nitrogens is 3. The van der Waals surface area contributed by atoms with Crippen molar-refractivity contribution >= 4 is 52.1 Å². The third-order valence-electron chi connectivity index (χ3n) is 3.82. The summed E-state index contributed by atoms with van der Waals surface area (Å²) in [6, 6.07) is 10.5. The van der Waals surface area contributed by atoms with E-state index in [9.17, 15) is 9.90 Å². The molecule has 2 heterocycles. The smallest absolute Gasteiger partial charge is 0.375 e. The standard InChI is InChI=1S/C16H9Cl3N4O2/c17-8-1-3-11(10(19)5-8)22-7-14-20-15(16(24)25)21-23(14)13-6-9(18)2-4-12(13)22/h1-6H,7H2,(H,24,25). The van der Waals surface area contributed by atoms with Crippen LogP contribution < -0.4 is 4.90 Å². The summed E-state index contributed by atoms with van der Waals surface area (Å²) >= 11 is 18.5. The molecule has 0 aliphatic carbocycles. The number of halogens is 3. The molecule has 0 bridgehead atoms. The van der Waals surface area contributed by atoms with E-state index in [-0.39, 0.29) is 5.82 Å². The number of hydrogen-bond donors (Lipinski definition) is 1. The first-order valence-electron chi connectivity index (χ1n) is 7.16. The van der Waals surface area contributed by atoms with Gasteiger partial charge in [0.25, 0.3) is 5.82 Å². The zero-order chi connectivity index (χ0) is 17.7. The zero-order valence-electron chi connectivity index (χ0n) is 12.4. The molecule has 3 aromatic rings. The average Bonchev–Trinajstić information content (AvgIpc) is 2.99. The molecular formula is C16H9Cl3N4O2.